The number of para-hydroxylation sites is 2. The lowest BCUT2D eigenvalue weighted by molar-refractivity contribution is -0.131. The zero-order chi connectivity index (χ0) is 20.4. The topological polar surface area (TPSA) is 68.3 Å². The molecule has 0 N–H and O–H groups in total. The van der Waals surface area contributed by atoms with E-state index in [-0.39, 0.29) is 18.0 Å². The van der Waals surface area contributed by atoms with Crippen molar-refractivity contribution in [1.29, 1.82) is 0 Å². The van der Waals surface area contributed by atoms with Gasteiger partial charge in [0.05, 0.1) is 23.8 Å². The number of carbonyl (C=O) groups excluding carboxylic acids is 1. The third kappa shape index (κ3) is 4.14. The molecule has 146 valence electrons. The molecule has 0 bridgehead atoms. The van der Waals surface area contributed by atoms with Crippen LogP contribution in [0.25, 0.3) is 22.4 Å². The third-order valence-corrected chi connectivity index (χ3v) is 5.18. The second-order valence-corrected chi connectivity index (χ2v) is 7.61. The van der Waals surface area contributed by atoms with E-state index in [4.69, 9.17) is 4.42 Å². The number of likely N-dealkylation sites (N-methyl/N-ethyl adjacent to an activating group) is 1. The lowest BCUT2D eigenvalue weighted by Crippen LogP contribution is -2.33. The van der Waals surface area contributed by atoms with Gasteiger partial charge in [-0.2, -0.15) is 0 Å². The molecule has 4 rings (SSSR count). The largest absolute Gasteiger partial charge is 0.459 e. The van der Waals surface area contributed by atoms with E-state index in [1.54, 1.807) is 18.0 Å². The lowest BCUT2D eigenvalue weighted by Gasteiger charge is -2.17. The molecule has 0 saturated heterocycles. The molecular formula is C22H18BrN3O3. The molecule has 0 saturated carbocycles. The fraction of sp³-hybridized carbons (Fsp3) is 0.136. The van der Waals surface area contributed by atoms with Crippen LogP contribution in [0.3, 0.4) is 0 Å². The van der Waals surface area contributed by atoms with Crippen LogP contribution in [0.4, 0.5) is 0 Å². The Balaban J connectivity index is 1.49. The number of halogens is 1. The highest BCUT2D eigenvalue weighted by molar-refractivity contribution is 9.10. The SMILES string of the molecule is CN(Cc1ccc(-c2ccc(Br)cc2)o1)C(=O)Cn1c(=O)cnc2ccccc21. The maximum absolute atomic E-state index is 12.7. The molecule has 0 aliphatic carbocycles. The van der Waals surface area contributed by atoms with Crippen molar-refractivity contribution in [3.63, 3.8) is 0 Å². The molecule has 0 spiro atoms. The molecule has 0 fully saturated rings. The van der Waals surface area contributed by atoms with E-state index < -0.39 is 0 Å². The van der Waals surface area contributed by atoms with Gasteiger partial charge >= 0.3 is 0 Å². The minimum absolute atomic E-state index is 0.0569. The van der Waals surface area contributed by atoms with Crippen molar-refractivity contribution in [2.75, 3.05) is 7.05 Å². The number of rotatable bonds is 5. The van der Waals surface area contributed by atoms with Crippen molar-refractivity contribution >= 4 is 32.9 Å². The number of hydrogen-bond acceptors (Lipinski definition) is 4. The van der Waals surface area contributed by atoms with Crippen LogP contribution in [-0.2, 0) is 17.9 Å². The second kappa shape index (κ2) is 8.05. The van der Waals surface area contributed by atoms with Crippen LogP contribution in [0.15, 0.2) is 80.5 Å². The van der Waals surface area contributed by atoms with Gasteiger partial charge in [0.25, 0.3) is 5.56 Å². The summed E-state index contributed by atoms with van der Waals surface area (Å²) in [6.45, 7) is 0.256. The lowest BCUT2D eigenvalue weighted by atomic mass is 10.2. The molecule has 2 heterocycles. The number of nitrogens with zero attached hydrogens (tertiary/aromatic N) is 3. The van der Waals surface area contributed by atoms with Crippen molar-refractivity contribution in [1.82, 2.24) is 14.5 Å². The van der Waals surface area contributed by atoms with Crippen LogP contribution in [-0.4, -0.2) is 27.4 Å². The molecule has 0 atom stereocenters. The summed E-state index contributed by atoms with van der Waals surface area (Å²) in [5, 5.41) is 0. The zero-order valence-corrected chi connectivity index (χ0v) is 17.3. The van der Waals surface area contributed by atoms with Crippen LogP contribution in [0.1, 0.15) is 5.76 Å². The van der Waals surface area contributed by atoms with E-state index in [1.165, 1.54) is 10.8 Å². The molecule has 0 aliphatic heterocycles. The van der Waals surface area contributed by atoms with Crippen molar-refractivity contribution in [2.24, 2.45) is 0 Å². The van der Waals surface area contributed by atoms with Crippen molar-refractivity contribution in [2.45, 2.75) is 13.1 Å². The van der Waals surface area contributed by atoms with Gasteiger partial charge in [0.15, 0.2) is 0 Å². The van der Waals surface area contributed by atoms with Gasteiger partial charge in [0.1, 0.15) is 18.1 Å². The Bertz CT molecular complexity index is 1230. The molecule has 2 aromatic carbocycles. The maximum atomic E-state index is 12.7. The fourth-order valence-electron chi connectivity index (χ4n) is 3.09. The second-order valence-electron chi connectivity index (χ2n) is 6.69. The van der Waals surface area contributed by atoms with E-state index >= 15 is 0 Å². The Labute approximate surface area is 175 Å². The summed E-state index contributed by atoms with van der Waals surface area (Å²) in [5.74, 6) is 1.22. The van der Waals surface area contributed by atoms with Gasteiger partial charge in [0, 0.05) is 17.1 Å². The van der Waals surface area contributed by atoms with Crippen molar-refractivity contribution in [3.8, 4) is 11.3 Å². The molecular weight excluding hydrogens is 434 g/mol. The van der Waals surface area contributed by atoms with Crippen molar-refractivity contribution in [3.05, 3.63) is 87.4 Å². The van der Waals surface area contributed by atoms with Crippen LogP contribution in [0.5, 0.6) is 0 Å². The normalized spacial score (nSPS) is 11.0. The molecule has 2 aromatic heterocycles. The molecule has 0 unspecified atom stereocenters. The number of aromatic nitrogens is 2. The summed E-state index contributed by atoms with van der Waals surface area (Å²) in [7, 11) is 1.69. The monoisotopic (exact) mass is 451 g/mol. The van der Waals surface area contributed by atoms with Gasteiger partial charge in [-0.05, 0) is 36.4 Å². The molecule has 7 heteroatoms. The summed E-state index contributed by atoms with van der Waals surface area (Å²) in [6, 6.07) is 18.8. The number of fused-ring (bicyclic) bond motifs is 1. The van der Waals surface area contributed by atoms with E-state index in [9.17, 15) is 9.59 Å². The summed E-state index contributed by atoms with van der Waals surface area (Å²) in [6.07, 6.45) is 1.24. The highest BCUT2D eigenvalue weighted by Crippen LogP contribution is 2.24. The first-order valence-corrected chi connectivity index (χ1v) is 9.84. The maximum Gasteiger partial charge on any atom is 0.269 e. The van der Waals surface area contributed by atoms with E-state index in [0.717, 1.165) is 15.8 Å². The average molecular weight is 452 g/mol. The number of furan rings is 1. The van der Waals surface area contributed by atoms with Crippen LogP contribution >= 0.6 is 15.9 Å². The van der Waals surface area contributed by atoms with Crippen LogP contribution in [0, 0.1) is 0 Å². The molecule has 0 aliphatic rings. The molecule has 4 aromatic rings. The van der Waals surface area contributed by atoms with E-state index in [2.05, 4.69) is 20.9 Å². The third-order valence-electron chi connectivity index (χ3n) is 4.66. The molecule has 29 heavy (non-hydrogen) atoms. The van der Waals surface area contributed by atoms with E-state index in [1.807, 2.05) is 54.6 Å². The van der Waals surface area contributed by atoms with Gasteiger partial charge in [-0.15, -0.1) is 0 Å². The predicted octanol–water partition coefficient (Wildman–Crippen LogP) is 4.08. The Hall–Kier alpha value is -3.19. The average Bonchev–Trinajstić information content (AvgIpc) is 3.19. The summed E-state index contributed by atoms with van der Waals surface area (Å²) >= 11 is 3.42. The first-order chi connectivity index (χ1) is 14.0. The number of carbonyl (C=O) groups is 1. The van der Waals surface area contributed by atoms with Gasteiger partial charge in [-0.1, -0.05) is 40.2 Å². The minimum atomic E-state index is -0.305. The summed E-state index contributed by atoms with van der Waals surface area (Å²) in [5.41, 5.74) is 1.97. The van der Waals surface area contributed by atoms with Crippen LogP contribution in [0.2, 0.25) is 0 Å². The standard InChI is InChI=1S/C22H18BrN3O3/c1-25(13-17-10-11-20(29-17)15-6-8-16(23)9-7-15)22(28)14-26-19-5-3-2-4-18(19)24-12-21(26)27/h2-12H,13-14H2,1H3. The molecule has 1 amide bonds. The van der Waals surface area contributed by atoms with Crippen molar-refractivity contribution < 1.29 is 9.21 Å². The highest BCUT2D eigenvalue weighted by Gasteiger charge is 2.15. The Morgan fingerprint density at radius 2 is 1.86 bits per heavy atom. The number of benzene rings is 2. The number of amides is 1. The van der Waals surface area contributed by atoms with Gasteiger partial charge in [-0.25, -0.2) is 4.98 Å². The Morgan fingerprint density at radius 3 is 2.66 bits per heavy atom. The molecule has 0 radical (unpaired) electrons. The first kappa shape index (κ1) is 19.1. The Kier molecular flexibility index (Phi) is 5.31. The van der Waals surface area contributed by atoms with E-state index in [0.29, 0.717) is 23.3 Å². The van der Waals surface area contributed by atoms with Gasteiger partial charge < -0.3 is 9.32 Å². The number of hydrogen-bond donors (Lipinski definition) is 0. The molecule has 6 nitrogen and oxygen atoms in total. The summed E-state index contributed by atoms with van der Waals surface area (Å²) in [4.78, 5) is 30.6. The van der Waals surface area contributed by atoms with Crippen LogP contribution < -0.4 is 5.56 Å². The predicted molar refractivity (Wildman–Crippen MR) is 114 cm³/mol. The highest BCUT2D eigenvalue weighted by atomic mass is 79.9. The fourth-order valence-corrected chi connectivity index (χ4v) is 3.35. The minimum Gasteiger partial charge on any atom is -0.459 e. The summed E-state index contributed by atoms with van der Waals surface area (Å²) < 4.78 is 8.33. The van der Waals surface area contributed by atoms with Gasteiger partial charge in [-0.3, -0.25) is 14.2 Å². The smallest absolute Gasteiger partial charge is 0.269 e. The quantitative estimate of drug-likeness (QED) is 0.458. The van der Waals surface area contributed by atoms with Gasteiger partial charge in [0.2, 0.25) is 5.91 Å². The first-order valence-electron chi connectivity index (χ1n) is 9.04. The zero-order valence-electron chi connectivity index (χ0n) is 15.7. The Morgan fingerprint density at radius 1 is 1.10 bits per heavy atom.